The first-order valence-corrected chi connectivity index (χ1v) is 7.14. The summed E-state index contributed by atoms with van der Waals surface area (Å²) in [6, 6.07) is 6.75. The molecule has 0 radical (unpaired) electrons. The number of rotatable bonds is 2. The van der Waals surface area contributed by atoms with Gasteiger partial charge in [0.05, 0.1) is 0 Å². The Morgan fingerprint density at radius 2 is 1.94 bits per heavy atom. The molecule has 0 bridgehead atoms. The molecule has 0 aromatic heterocycles. The molecule has 1 aromatic rings. The molecule has 1 aromatic carbocycles. The lowest BCUT2D eigenvalue weighted by atomic mass is 9.78. The molecule has 1 N–H and O–H groups in total. The van der Waals surface area contributed by atoms with E-state index in [1.807, 2.05) is 0 Å². The summed E-state index contributed by atoms with van der Waals surface area (Å²) in [5.41, 5.74) is 4.50. The van der Waals surface area contributed by atoms with Gasteiger partial charge in [-0.15, -0.1) is 0 Å². The highest BCUT2D eigenvalue weighted by atomic mass is 14.8. The smallest absolute Gasteiger partial charge is 0.0147 e. The summed E-state index contributed by atoms with van der Waals surface area (Å²) in [6.45, 7) is 10.4. The third-order valence-electron chi connectivity index (χ3n) is 3.95. The summed E-state index contributed by atoms with van der Waals surface area (Å²) in [7, 11) is 0. The molecular weight excluding hydrogens is 218 g/mol. The van der Waals surface area contributed by atoms with E-state index < -0.39 is 0 Å². The second-order valence-corrected chi connectivity index (χ2v) is 5.93. The third kappa shape index (κ3) is 2.60. The second kappa shape index (κ2) is 5.60. The van der Waals surface area contributed by atoms with Crippen molar-refractivity contribution >= 4 is 6.08 Å². The fourth-order valence-corrected chi connectivity index (χ4v) is 2.96. The molecule has 0 spiro atoms. The van der Waals surface area contributed by atoms with Gasteiger partial charge in [0.15, 0.2) is 0 Å². The molecule has 1 heteroatoms. The topological polar surface area (TPSA) is 12.0 Å². The molecule has 1 nitrogen and oxygen atoms in total. The Hall–Kier alpha value is -1.24. The highest BCUT2D eigenvalue weighted by Gasteiger charge is 2.22. The predicted molar refractivity (Wildman–Crippen MR) is 79.8 cm³/mol. The molecule has 1 unspecified atom stereocenters. The fraction of sp³-hybridized carbons (Fsp3) is 0.529. The van der Waals surface area contributed by atoms with Gasteiger partial charge in [-0.1, -0.05) is 45.9 Å². The van der Waals surface area contributed by atoms with Gasteiger partial charge in [-0.05, 0) is 53.1 Å². The second-order valence-electron chi connectivity index (χ2n) is 5.93. The summed E-state index contributed by atoms with van der Waals surface area (Å²) >= 11 is 0. The van der Waals surface area contributed by atoms with Crippen LogP contribution >= 0.6 is 0 Å². The quantitative estimate of drug-likeness (QED) is 0.805. The maximum Gasteiger partial charge on any atom is 0.0147 e. The van der Waals surface area contributed by atoms with Gasteiger partial charge in [0.2, 0.25) is 0 Å². The van der Waals surface area contributed by atoms with E-state index in [0.29, 0.717) is 17.8 Å². The number of fused-ring (bicyclic) bond motifs is 1. The van der Waals surface area contributed by atoms with Gasteiger partial charge < -0.3 is 5.32 Å². The summed E-state index contributed by atoms with van der Waals surface area (Å²) in [5.74, 6) is 1.95. The third-order valence-corrected chi connectivity index (χ3v) is 3.95. The average molecular weight is 243 g/mol. The minimum Gasteiger partial charge on any atom is -0.391 e. The molecule has 0 saturated heterocycles. The van der Waals surface area contributed by atoms with Gasteiger partial charge in [-0.25, -0.2) is 0 Å². The van der Waals surface area contributed by atoms with E-state index in [0.717, 1.165) is 6.54 Å². The Bertz CT molecular complexity index is 429. The number of hydrogen-bond acceptors (Lipinski definition) is 1. The van der Waals surface area contributed by atoms with Crippen LogP contribution in [0, 0.1) is 5.92 Å². The molecule has 1 aliphatic heterocycles. The van der Waals surface area contributed by atoms with E-state index in [1.165, 1.54) is 17.5 Å². The highest BCUT2D eigenvalue weighted by Crippen LogP contribution is 2.37. The van der Waals surface area contributed by atoms with Gasteiger partial charge in [-0.2, -0.15) is 0 Å². The summed E-state index contributed by atoms with van der Waals surface area (Å²) in [5, 5.41) is 3.38. The monoisotopic (exact) mass is 243 g/mol. The van der Waals surface area contributed by atoms with Crippen molar-refractivity contribution in [2.24, 2.45) is 5.92 Å². The van der Waals surface area contributed by atoms with E-state index in [2.05, 4.69) is 63.5 Å². The molecular formula is C17H25N. The van der Waals surface area contributed by atoms with Crippen molar-refractivity contribution in [3.05, 3.63) is 41.1 Å². The molecule has 98 valence electrons. The fourth-order valence-electron chi connectivity index (χ4n) is 2.96. The SMILES string of the molecule is CC(C)c1cccc2c1C(C(C)C)CCN/C=C\2. The zero-order chi connectivity index (χ0) is 13.1. The van der Waals surface area contributed by atoms with Crippen molar-refractivity contribution in [1.29, 1.82) is 0 Å². The Morgan fingerprint density at radius 1 is 1.17 bits per heavy atom. The van der Waals surface area contributed by atoms with E-state index in [1.54, 1.807) is 5.56 Å². The van der Waals surface area contributed by atoms with E-state index in [9.17, 15) is 0 Å². The van der Waals surface area contributed by atoms with Gasteiger partial charge in [0, 0.05) is 6.54 Å². The van der Waals surface area contributed by atoms with Gasteiger partial charge >= 0.3 is 0 Å². The Labute approximate surface area is 111 Å². The zero-order valence-electron chi connectivity index (χ0n) is 12.0. The first-order chi connectivity index (χ1) is 8.61. The number of benzene rings is 1. The lowest BCUT2D eigenvalue weighted by Gasteiger charge is -2.28. The Morgan fingerprint density at radius 3 is 2.61 bits per heavy atom. The van der Waals surface area contributed by atoms with E-state index >= 15 is 0 Å². The van der Waals surface area contributed by atoms with Crippen molar-refractivity contribution in [2.45, 2.75) is 46.0 Å². The Kier molecular flexibility index (Phi) is 4.11. The van der Waals surface area contributed by atoms with Crippen LogP contribution in [0.15, 0.2) is 24.4 Å². The number of nitrogens with one attached hydrogen (secondary N) is 1. The standard InChI is InChI=1S/C17H25N/c1-12(2)15-7-5-6-14-8-10-18-11-9-16(13(3)4)17(14)15/h5-8,10,12-13,16,18H,9,11H2,1-4H3/b10-8-. The van der Waals surface area contributed by atoms with E-state index in [-0.39, 0.29) is 0 Å². The normalized spacial score (nSPS) is 21.1. The maximum atomic E-state index is 3.38. The van der Waals surface area contributed by atoms with E-state index in [4.69, 9.17) is 0 Å². The van der Waals surface area contributed by atoms with Crippen LogP contribution < -0.4 is 5.32 Å². The lowest BCUT2D eigenvalue weighted by Crippen LogP contribution is -2.19. The number of hydrogen-bond donors (Lipinski definition) is 1. The lowest BCUT2D eigenvalue weighted by molar-refractivity contribution is 0.457. The first-order valence-electron chi connectivity index (χ1n) is 7.14. The molecule has 1 heterocycles. The van der Waals surface area contributed by atoms with Crippen molar-refractivity contribution in [1.82, 2.24) is 5.32 Å². The van der Waals surface area contributed by atoms with Crippen LogP contribution in [0.25, 0.3) is 6.08 Å². The van der Waals surface area contributed by atoms with Crippen molar-refractivity contribution in [2.75, 3.05) is 6.54 Å². The summed E-state index contributed by atoms with van der Waals surface area (Å²) < 4.78 is 0. The Balaban J connectivity index is 2.58. The van der Waals surface area contributed by atoms with Crippen LogP contribution in [-0.4, -0.2) is 6.54 Å². The molecule has 1 atom stereocenters. The molecule has 0 saturated carbocycles. The minimum atomic E-state index is 0.599. The summed E-state index contributed by atoms with van der Waals surface area (Å²) in [6.07, 6.45) is 5.55. The molecule has 0 aliphatic carbocycles. The van der Waals surface area contributed by atoms with Gasteiger partial charge in [0.1, 0.15) is 0 Å². The van der Waals surface area contributed by atoms with Crippen molar-refractivity contribution in [3.63, 3.8) is 0 Å². The highest BCUT2D eigenvalue weighted by molar-refractivity contribution is 5.58. The molecule has 2 rings (SSSR count). The molecule has 0 amide bonds. The van der Waals surface area contributed by atoms with Crippen LogP contribution in [-0.2, 0) is 0 Å². The van der Waals surface area contributed by atoms with Gasteiger partial charge in [-0.3, -0.25) is 0 Å². The summed E-state index contributed by atoms with van der Waals surface area (Å²) in [4.78, 5) is 0. The van der Waals surface area contributed by atoms with Crippen LogP contribution in [0.2, 0.25) is 0 Å². The average Bonchev–Trinajstić information content (AvgIpc) is 2.28. The first kappa shape index (κ1) is 13.2. The van der Waals surface area contributed by atoms with Crippen LogP contribution in [0.5, 0.6) is 0 Å². The molecule has 18 heavy (non-hydrogen) atoms. The predicted octanol–water partition coefficient (Wildman–Crippen LogP) is 4.51. The van der Waals surface area contributed by atoms with Crippen LogP contribution in [0.4, 0.5) is 0 Å². The molecule has 0 fully saturated rings. The van der Waals surface area contributed by atoms with Gasteiger partial charge in [0.25, 0.3) is 0 Å². The van der Waals surface area contributed by atoms with Crippen LogP contribution in [0.3, 0.4) is 0 Å². The van der Waals surface area contributed by atoms with Crippen molar-refractivity contribution in [3.8, 4) is 0 Å². The zero-order valence-corrected chi connectivity index (χ0v) is 12.0. The van der Waals surface area contributed by atoms with Crippen molar-refractivity contribution < 1.29 is 0 Å². The largest absolute Gasteiger partial charge is 0.391 e. The minimum absolute atomic E-state index is 0.599. The molecule has 1 aliphatic rings. The van der Waals surface area contributed by atoms with Crippen LogP contribution in [0.1, 0.15) is 62.6 Å². The maximum absolute atomic E-state index is 3.38.